The van der Waals surface area contributed by atoms with Crippen LogP contribution in [0.15, 0.2) is 29.2 Å². The minimum atomic E-state index is -4.74. The summed E-state index contributed by atoms with van der Waals surface area (Å²) in [6.07, 6.45) is -1.56. The Bertz CT molecular complexity index is 923. The van der Waals surface area contributed by atoms with Crippen molar-refractivity contribution in [3.8, 4) is 6.07 Å². The number of nitrogens with one attached hydrogen (secondary N) is 3. The first-order valence-electron chi connectivity index (χ1n) is 9.90. The molecule has 0 radical (unpaired) electrons. The van der Waals surface area contributed by atoms with Crippen LogP contribution in [0.25, 0.3) is 0 Å². The van der Waals surface area contributed by atoms with Gasteiger partial charge in [0.15, 0.2) is 0 Å². The van der Waals surface area contributed by atoms with Gasteiger partial charge in [-0.15, -0.1) is 0 Å². The summed E-state index contributed by atoms with van der Waals surface area (Å²) in [7, 11) is 0. The van der Waals surface area contributed by atoms with Gasteiger partial charge in [-0.25, -0.2) is 9.37 Å². The molecule has 2 atom stereocenters. The normalized spacial score (nSPS) is 22.6. The molecule has 31 heavy (non-hydrogen) atoms. The van der Waals surface area contributed by atoms with Crippen LogP contribution in [0, 0.1) is 11.3 Å². The lowest BCUT2D eigenvalue weighted by atomic mass is 9.84. The average Bonchev–Trinajstić information content (AvgIpc) is 2.67. The summed E-state index contributed by atoms with van der Waals surface area (Å²) in [4.78, 5) is 7.82. The Morgan fingerprint density at radius 1 is 1.29 bits per heavy atom. The van der Waals surface area contributed by atoms with E-state index in [1.165, 1.54) is 13.8 Å². The van der Waals surface area contributed by atoms with Crippen LogP contribution < -0.4 is 16.0 Å². The SMILES string of the molecule is CC(C)(O)C1=CC(C#N)=C(F)CC1Nc1nc(NC2CCCNC2)ncc1C(F)(F)F. The number of hydrogen-bond donors (Lipinski definition) is 4. The fraction of sp³-hybridized carbons (Fsp3) is 0.550. The summed E-state index contributed by atoms with van der Waals surface area (Å²) >= 11 is 0. The highest BCUT2D eigenvalue weighted by Crippen LogP contribution is 2.37. The molecule has 2 heterocycles. The first-order chi connectivity index (χ1) is 14.5. The zero-order chi connectivity index (χ0) is 22.8. The molecule has 0 amide bonds. The molecule has 1 aliphatic heterocycles. The number of anilines is 2. The summed E-state index contributed by atoms with van der Waals surface area (Å²) in [6.45, 7) is 4.34. The van der Waals surface area contributed by atoms with Gasteiger partial charge in [-0.2, -0.15) is 23.4 Å². The number of nitriles is 1. The summed E-state index contributed by atoms with van der Waals surface area (Å²) in [5.41, 5.74) is -2.68. The summed E-state index contributed by atoms with van der Waals surface area (Å²) in [6, 6.07) is 0.639. The van der Waals surface area contributed by atoms with Crippen LogP contribution in [0.1, 0.15) is 38.7 Å². The number of allylic oxidation sites excluding steroid dienone is 2. The zero-order valence-corrected chi connectivity index (χ0v) is 17.1. The molecular weight excluding hydrogens is 416 g/mol. The second-order valence-electron chi connectivity index (χ2n) is 8.13. The molecule has 4 N–H and O–H groups in total. The number of alkyl halides is 3. The predicted molar refractivity (Wildman–Crippen MR) is 107 cm³/mol. The minimum absolute atomic E-state index is 0.0162. The van der Waals surface area contributed by atoms with Gasteiger partial charge < -0.3 is 21.1 Å². The Hall–Kier alpha value is -2.71. The van der Waals surface area contributed by atoms with Crippen LogP contribution in [-0.4, -0.2) is 45.8 Å². The fourth-order valence-electron chi connectivity index (χ4n) is 3.65. The van der Waals surface area contributed by atoms with Gasteiger partial charge in [0.25, 0.3) is 0 Å². The molecule has 0 bridgehead atoms. The van der Waals surface area contributed by atoms with Crippen LogP contribution in [0.3, 0.4) is 0 Å². The fourth-order valence-corrected chi connectivity index (χ4v) is 3.65. The number of hydrogen-bond acceptors (Lipinski definition) is 7. The van der Waals surface area contributed by atoms with Crippen molar-refractivity contribution in [3.63, 3.8) is 0 Å². The molecule has 0 saturated carbocycles. The number of piperidine rings is 1. The van der Waals surface area contributed by atoms with Crippen LogP contribution in [0.2, 0.25) is 0 Å². The van der Waals surface area contributed by atoms with E-state index in [1.54, 1.807) is 6.07 Å². The van der Waals surface area contributed by atoms with Crippen LogP contribution in [-0.2, 0) is 6.18 Å². The van der Waals surface area contributed by atoms with Gasteiger partial charge in [0.2, 0.25) is 5.95 Å². The Morgan fingerprint density at radius 3 is 2.61 bits per heavy atom. The minimum Gasteiger partial charge on any atom is -0.386 e. The molecule has 3 rings (SSSR count). The quantitative estimate of drug-likeness (QED) is 0.521. The molecule has 1 aliphatic carbocycles. The lowest BCUT2D eigenvalue weighted by Gasteiger charge is -2.33. The third-order valence-corrected chi connectivity index (χ3v) is 5.21. The highest BCUT2D eigenvalue weighted by atomic mass is 19.4. The molecule has 11 heteroatoms. The van der Waals surface area contributed by atoms with E-state index in [1.807, 2.05) is 0 Å². The van der Waals surface area contributed by atoms with Gasteiger partial charge >= 0.3 is 6.18 Å². The Labute approximate surface area is 177 Å². The van der Waals surface area contributed by atoms with E-state index in [0.717, 1.165) is 25.5 Å². The molecule has 7 nitrogen and oxygen atoms in total. The summed E-state index contributed by atoms with van der Waals surface area (Å²) in [5, 5.41) is 28.4. The van der Waals surface area contributed by atoms with Gasteiger partial charge in [-0.1, -0.05) is 0 Å². The first-order valence-corrected chi connectivity index (χ1v) is 9.90. The van der Waals surface area contributed by atoms with E-state index in [9.17, 15) is 22.7 Å². The summed E-state index contributed by atoms with van der Waals surface area (Å²) in [5.74, 6) is -1.29. The van der Waals surface area contributed by atoms with Crippen LogP contribution in [0.4, 0.5) is 29.3 Å². The number of aliphatic hydroxyl groups is 1. The Kier molecular flexibility index (Phi) is 6.52. The van der Waals surface area contributed by atoms with Crippen molar-refractivity contribution in [1.29, 1.82) is 5.26 Å². The van der Waals surface area contributed by atoms with E-state index in [0.29, 0.717) is 12.7 Å². The van der Waals surface area contributed by atoms with E-state index in [2.05, 4.69) is 25.9 Å². The van der Waals surface area contributed by atoms with E-state index >= 15 is 0 Å². The molecule has 0 aromatic carbocycles. The van der Waals surface area contributed by atoms with E-state index in [-0.39, 0.29) is 23.1 Å². The van der Waals surface area contributed by atoms with Gasteiger partial charge in [0.1, 0.15) is 23.3 Å². The first kappa shape index (κ1) is 23.0. The molecule has 1 aromatic rings. The maximum atomic E-state index is 14.3. The molecule has 0 spiro atoms. The van der Waals surface area contributed by atoms with Gasteiger partial charge in [-0.05, 0) is 44.9 Å². The van der Waals surface area contributed by atoms with Crippen molar-refractivity contribution < 1.29 is 22.7 Å². The zero-order valence-electron chi connectivity index (χ0n) is 17.1. The Morgan fingerprint density at radius 2 is 2.03 bits per heavy atom. The standard InChI is InChI=1S/C20H24F4N6O/c1-19(2,31)13-6-11(8-25)15(21)7-16(13)29-17-14(20(22,23)24)10-27-18(30-17)28-12-4-3-5-26-9-12/h6,10,12,16,26,31H,3-5,7,9H2,1-2H3,(H2,27,28,29,30). The second-order valence-corrected chi connectivity index (χ2v) is 8.13. The lowest BCUT2D eigenvalue weighted by Crippen LogP contribution is -2.39. The second kappa shape index (κ2) is 8.80. The van der Waals surface area contributed by atoms with Crippen molar-refractivity contribution in [1.82, 2.24) is 15.3 Å². The molecule has 2 aliphatic rings. The molecule has 1 saturated heterocycles. The number of halogens is 4. The monoisotopic (exact) mass is 440 g/mol. The molecule has 1 aromatic heterocycles. The van der Waals surface area contributed by atoms with Crippen LogP contribution >= 0.6 is 0 Å². The number of rotatable bonds is 5. The third-order valence-electron chi connectivity index (χ3n) is 5.21. The van der Waals surface area contributed by atoms with E-state index in [4.69, 9.17) is 5.26 Å². The van der Waals surface area contributed by atoms with Crippen molar-refractivity contribution in [3.05, 3.63) is 34.8 Å². The van der Waals surface area contributed by atoms with Gasteiger partial charge in [0, 0.05) is 25.2 Å². The van der Waals surface area contributed by atoms with Crippen LogP contribution in [0.5, 0.6) is 0 Å². The molecule has 1 fully saturated rings. The van der Waals surface area contributed by atoms with Crippen molar-refractivity contribution in [2.24, 2.45) is 0 Å². The van der Waals surface area contributed by atoms with Gasteiger partial charge in [0.05, 0.1) is 17.2 Å². The van der Waals surface area contributed by atoms with Crippen molar-refractivity contribution in [2.75, 3.05) is 23.7 Å². The maximum absolute atomic E-state index is 14.3. The maximum Gasteiger partial charge on any atom is 0.421 e. The smallest absolute Gasteiger partial charge is 0.386 e. The summed E-state index contributed by atoms with van der Waals surface area (Å²) < 4.78 is 55.0. The molecule has 2 unspecified atom stereocenters. The molecule has 168 valence electrons. The average molecular weight is 440 g/mol. The highest BCUT2D eigenvalue weighted by Gasteiger charge is 2.38. The van der Waals surface area contributed by atoms with Crippen molar-refractivity contribution in [2.45, 2.75) is 57.0 Å². The highest BCUT2D eigenvalue weighted by molar-refractivity contribution is 5.54. The molecular formula is C20H24F4N6O. The topological polar surface area (TPSA) is 106 Å². The third kappa shape index (κ3) is 5.51. The Balaban J connectivity index is 1.94. The van der Waals surface area contributed by atoms with E-state index < -0.39 is 41.4 Å². The number of aromatic nitrogens is 2. The lowest BCUT2D eigenvalue weighted by molar-refractivity contribution is -0.137. The predicted octanol–water partition coefficient (Wildman–Crippen LogP) is 3.29. The largest absolute Gasteiger partial charge is 0.421 e. The number of nitrogens with zero attached hydrogens (tertiary/aromatic N) is 3. The van der Waals surface area contributed by atoms with Crippen molar-refractivity contribution >= 4 is 11.8 Å². The van der Waals surface area contributed by atoms with Gasteiger partial charge in [-0.3, -0.25) is 0 Å².